The average molecular weight is 245 g/mol. The summed E-state index contributed by atoms with van der Waals surface area (Å²) >= 11 is 1.24. The first-order chi connectivity index (χ1) is 8.15. The van der Waals surface area contributed by atoms with E-state index in [-0.39, 0.29) is 11.3 Å². The van der Waals surface area contributed by atoms with E-state index in [1.807, 2.05) is 44.2 Å². The Labute approximate surface area is 105 Å². The van der Waals surface area contributed by atoms with Crippen molar-refractivity contribution in [3.8, 4) is 0 Å². The summed E-state index contributed by atoms with van der Waals surface area (Å²) < 4.78 is 0. The Balaban J connectivity index is 2.17. The van der Waals surface area contributed by atoms with Crippen LogP contribution >= 0.6 is 11.8 Å². The maximum atomic E-state index is 11.6. The number of carbonyl (C=O) groups excluding carboxylic acids is 1. The summed E-state index contributed by atoms with van der Waals surface area (Å²) in [6.07, 6.45) is 0. The fourth-order valence-corrected chi connectivity index (χ4v) is 2.43. The molecule has 0 aromatic heterocycles. The van der Waals surface area contributed by atoms with Crippen molar-refractivity contribution in [2.24, 2.45) is 0 Å². The van der Waals surface area contributed by atoms with Crippen molar-refractivity contribution >= 4 is 27.8 Å². The minimum Gasteiger partial charge on any atom is -0.345 e. The Bertz CT molecular complexity index is 536. The molecule has 88 valence electrons. The van der Waals surface area contributed by atoms with Gasteiger partial charge in [-0.15, -0.1) is 0 Å². The fraction of sp³-hybridized carbons (Fsp3) is 0.214. The van der Waals surface area contributed by atoms with Crippen LogP contribution in [0.3, 0.4) is 0 Å². The molecule has 0 saturated heterocycles. The summed E-state index contributed by atoms with van der Waals surface area (Å²) in [6, 6.07) is 14.4. The van der Waals surface area contributed by atoms with Crippen molar-refractivity contribution in [2.75, 3.05) is 0 Å². The molecule has 0 saturated carbocycles. The van der Waals surface area contributed by atoms with Crippen molar-refractivity contribution < 1.29 is 4.79 Å². The smallest absolute Gasteiger partial charge is 0.284 e. The lowest BCUT2D eigenvalue weighted by atomic mass is 10.1. The van der Waals surface area contributed by atoms with Crippen LogP contribution in [0, 0.1) is 0 Å². The molecule has 0 bridgehead atoms. The molecule has 0 aliphatic rings. The number of thioether (sulfide) groups is 1. The van der Waals surface area contributed by atoms with E-state index < -0.39 is 0 Å². The minimum absolute atomic E-state index is 0.00437. The number of rotatable bonds is 2. The zero-order valence-electron chi connectivity index (χ0n) is 9.94. The van der Waals surface area contributed by atoms with Gasteiger partial charge in [-0.05, 0) is 48.5 Å². The number of fused-ring (bicyclic) bond motifs is 1. The molecule has 1 amide bonds. The number of benzene rings is 2. The van der Waals surface area contributed by atoms with E-state index in [4.69, 9.17) is 0 Å². The van der Waals surface area contributed by atoms with Gasteiger partial charge in [-0.2, -0.15) is 0 Å². The number of nitrogens with one attached hydrogen (secondary N) is 1. The van der Waals surface area contributed by atoms with Crippen molar-refractivity contribution in [3.63, 3.8) is 0 Å². The number of carbonyl (C=O) groups is 1. The van der Waals surface area contributed by atoms with Crippen LogP contribution in [0.4, 0.5) is 4.79 Å². The molecule has 1 N–H and O–H groups in total. The van der Waals surface area contributed by atoms with Gasteiger partial charge in [0.2, 0.25) is 0 Å². The van der Waals surface area contributed by atoms with Crippen LogP contribution < -0.4 is 5.32 Å². The molecular weight excluding hydrogens is 230 g/mol. The van der Waals surface area contributed by atoms with Crippen LogP contribution in [0.5, 0.6) is 0 Å². The largest absolute Gasteiger partial charge is 0.345 e. The molecule has 0 aliphatic carbocycles. The predicted molar refractivity (Wildman–Crippen MR) is 73.5 cm³/mol. The number of hydrogen-bond donors (Lipinski definition) is 1. The zero-order chi connectivity index (χ0) is 12.3. The summed E-state index contributed by atoms with van der Waals surface area (Å²) in [5.41, 5.74) is 0. The average Bonchev–Trinajstić information content (AvgIpc) is 2.27. The van der Waals surface area contributed by atoms with Crippen LogP contribution in [0.15, 0.2) is 47.4 Å². The molecule has 2 aromatic carbocycles. The van der Waals surface area contributed by atoms with E-state index in [9.17, 15) is 4.79 Å². The van der Waals surface area contributed by atoms with Crippen molar-refractivity contribution in [1.82, 2.24) is 5.32 Å². The molecule has 2 nitrogen and oxygen atoms in total. The third-order valence-corrected chi connectivity index (χ3v) is 3.13. The maximum absolute atomic E-state index is 11.6. The van der Waals surface area contributed by atoms with Gasteiger partial charge in [0.15, 0.2) is 0 Å². The van der Waals surface area contributed by atoms with Gasteiger partial charge in [-0.25, -0.2) is 0 Å². The summed E-state index contributed by atoms with van der Waals surface area (Å²) in [6.45, 7) is 3.91. The first-order valence-electron chi connectivity index (χ1n) is 5.62. The topological polar surface area (TPSA) is 29.1 Å². The monoisotopic (exact) mass is 245 g/mol. The van der Waals surface area contributed by atoms with Gasteiger partial charge >= 0.3 is 0 Å². The summed E-state index contributed by atoms with van der Waals surface area (Å²) in [7, 11) is 0. The highest BCUT2D eigenvalue weighted by molar-refractivity contribution is 8.13. The van der Waals surface area contributed by atoms with E-state index in [0.29, 0.717) is 0 Å². The summed E-state index contributed by atoms with van der Waals surface area (Å²) in [5, 5.41) is 5.22. The number of amides is 1. The van der Waals surface area contributed by atoms with Gasteiger partial charge in [0.05, 0.1) is 0 Å². The third-order valence-electron chi connectivity index (χ3n) is 2.34. The molecule has 2 rings (SSSR count). The summed E-state index contributed by atoms with van der Waals surface area (Å²) in [5.74, 6) is 0. The molecule has 0 aliphatic heterocycles. The quantitative estimate of drug-likeness (QED) is 0.809. The Morgan fingerprint density at radius 3 is 2.53 bits per heavy atom. The van der Waals surface area contributed by atoms with Crippen LogP contribution in [-0.2, 0) is 0 Å². The van der Waals surface area contributed by atoms with E-state index >= 15 is 0 Å². The van der Waals surface area contributed by atoms with Crippen molar-refractivity contribution in [2.45, 2.75) is 24.8 Å². The van der Waals surface area contributed by atoms with Gasteiger partial charge < -0.3 is 5.32 Å². The van der Waals surface area contributed by atoms with Gasteiger partial charge in [-0.3, -0.25) is 4.79 Å². The van der Waals surface area contributed by atoms with Crippen molar-refractivity contribution in [3.05, 3.63) is 42.5 Å². The maximum Gasteiger partial charge on any atom is 0.284 e. The summed E-state index contributed by atoms with van der Waals surface area (Å²) in [4.78, 5) is 12.6. The molecule has 0 fully saturated rings. The Morgan fingerprint density at radius 1 is 1.12 bits per heavy atom. The standard InChI is InChI=1S/C14H15NOS/c1-10(2)15-14(16)17-13-8-7-11-5-3-4-6-12(11)9-13/h3-10H,1-2H3,(H,15,16). The van der Waals surface area contributed by atoms with Gasteiger partial charge in [0.25, 0.3) is 5.24 Å². The lowest BCUT2D eigenvalue weighted by molar-refractivity contribution is 0.259. The Kier molecular flexibility index (Phi) is 3.69. The van der Waals surface area contributed by atoms with E-state index in [1.54, 1.807) is 0 Å². The molecule has 17 heavy (non-hydrogen) atoms. The molecule has 0 spiro atoms. The normalized spacial score (nSPS) is 10.8. The lowest BCUT2D eigenvalue weighted by Crippen LogP contribution is -2.26. The number of hydrogen-bond acceptors (Lipinski definition) is 2. The molecule has 0 unspecified atom stereocenters. The van der Waals surface area contributed by atoms with Gasteiger partial charge in [0.1, 0.15) is 0 Å². The van der Waals surface area contributed by atoms with Crippen molar-refractivity contribution in [1.29, 1.82) is 0 Å². The highest BCUT2D eigenvalue weighted by Gasteiger charge is 2.06. The molecule has 2 aromatic rings. The van der Waals surface area contributed by atoms with Gasteiger partial charge in [-0.1, -0.05) is 30.3 Å². The molecular formula is C14H15NOS. The molecule has 0 heterocycles. The van der Waals surface area contributed by atoms with Crippen LogP contribution in [0.2, 0.25) is 0 Å². The van der Waals surface area contributed by atoms with Crippen LogP contribution in [-0.4, -0.2) is 11.3 Å². The molecule has 0 radical (unpaired) electrons. The second-order valence-electron chi connectivity index (χ2n) is 4.20. The predicted octanol–water partition coefficient (Wildman–Crippen LogP) is 4.05. The second kappa shape index (κ2) is 5.23. The SMILES string of the molecule is CC(C)NC(=O)Sc1ccc2ccccc2c1. The van der Waals surface area contributed by atoms with E-state index in [2.05, 4.69) is 17.4 Å². The minimum atomic E-state index is -0.00437. The van der Waals surface area contributed by atoms with Crippen LogP contribution in [0.1, 0.15) is 13.8 Å². The fourth-order valence-electron chi connectivity index (χ4n) is 1.60. The molecule has 3 heteroatoms. The highest BCUT2D eigenvalue weighted by atomic mass is 32.2. The van der Waals surface area contributed by atoms with Crippen LogP contribution in [0.25, 0.3) is 10.8 Å². The van der Waals surface area contributed by atoms with E-state index in [0.717, 1.165) is 10.3 Å². The zero-order valence-corrected chi connectivity index (χ0v) is 10.8. The second-order valence-corrected chi connectivity index (χ2v) is 5.24. The highest BCUT2D eigenvalue weighted by Crippen LogP contribution is 2.24. The Morgan fingerprint density at radius 2 is 1.82 bits per heavy atom. The van der Waals surface area contributed by atoms with E-state index in [1.165, 1.54) is 17.1 Å². The first-order valence-corrected chi connectivity index (χ1v) is 6.44. The lowest BCUT2D eigenvalue weighted by Gasteiger charge is -2.07. The first kappa shape index (κ1) is 12.0. The Hall–Kier alpha value is -1.48. The molecule has 0 atom stereocenters. The van der Waals surface area contributed by atoms with Gasteiger partial charge in [0, 0.05) is 10.9 Å². The third kappa shape index (κ3) is 3.24.